The molecule has 0 saturated heterocycles. The second kappa shape index (κ2) is 21.8. The van der Waals surface area contributed by atoms with Gasteiger partial charge in [-0.05, 0) is 34.9 Å². The lowest BCUT2D eigenvalue weighted by Crippen LogP contribution is -2.60. The number of hydrogen-bond donors (Lipinski definition) is 6. The summed E-state index contributed by atoms with van der Waals surface area (Å²) in [7, 11) is 0. The van der Waals surface area contributed by atoms with Gasteiger partial charge in [-0.1, -0.05) is 149 Å². The van der Waals surface area contributed by atoms with Crippen LogP contribution in [0.5, 0.6) is 0 Å². The number of rotatable bonds is 20. The standard InChI is InChI=1S/C45H53N5O8/c1-28(2)25-35(49-44(56)39(33-23-15-8-16-24-33)58-45(57)38(51)32-21-13-7-14-22-32)42(54)50-37(29(3)4)43(55)48-36(27-31-19-11-6-12-20-31)41(53)47-34(40(46)52)26-30-17-9-5-10-18-30/h5-24,28-29,34-39,51H,25-27H2,1-4H3,(H2,46,52)(H,47,53)(H,48,55)(H,49,56)(H,50,54)/t34-,35-,36-,37-,38?,39?/m1/s1. The molecule has 0 fully saturated rings. The lowest BCUT2D eigenvalue weighted by molar-refractivity contribution is -0.165. The molecule has 0 aliphatic carbocycles. The number of amides is 5. The Morgan fingerprint density at radius 2 is 0.983 bits per heavy atom. The number of benzene rings is 4. The largest absolute Gasteiger partial charge is 0.445 e. The van der Waals surface area contributed by atoms with Crippen LogP contribution in [0.15, 0.2) is 121 Å². The predicted octanol–water partition coefficient (Wildman–Crippen LogP) is 3.62. The van der Waals surface area contributed by atoms with E-state index in [1.807, 2.05) is 26.0 Å². The van der Waals surface area contributed by atoms with Gasteiger partial charge in [0.1, 0.15) is 24.2 Å². The Kier molecular flexibility index (Phi) is 16.7. The summed E-state index contributed by atoms with van der Waals surface area (Å²) in [6.45, 7) is 7.15. The van der Waals surface area contributed by atoms with Crippen molar-refractivity contribution in [2.75, 3.05) is 0 Å². The van der Waals surface area contributed by atoms with Crippen LogP contribution in [0.25, 0.3) is 0 Å². The van der Waals surface area contributed by atoms with Gasteiger partial charge in [-0.3, -0.25) is 24.0 Å². The fraction of sp³-hybridized carbons (Fsp3) is 0.333. The lowest BCUT2D eigenvalue weighted by Gasteiger charge is -2.29. The van der Waals surface area contributed by atoms with Gasteiger partial charge in [-0.15, -0.1) is 0 Å². The first kappa shape index (κ1) is 44.4. The molecular formula is C45H53N5O8. The highest BCUT2D eigenvalue weighted by atomic mass is 16.6. The van der Waals surface area contributed by atoms with Crippen LogP contribution in [0.1, 0.15) is 68.6 Å². The lowest BCUT2D eigenvalue weighted by atomic mass is 9.98. The number of nitrogens with two attached hydrogens (primary N) is 1. The maximum Gasteiger partial charge on any atom is 0.340 e. The van der Waals surface area contributed by atoms with Crippen molar-refractivity contribution in [2.24, 2.45) is 17.6 Å². The van der Waals surface area contributed by atoms with Crippen LogP contribution in [0, 0.1) is 11.8 Å². The highest BCUT2D eigenvalue weighted by Gasteiger charge is 2.35. The van der Waals surface area contributed by atoms with Crippen molar-refractivity contribution in [2.45, 2.75) is 83.3 Å². The van der Waals surface area contributed by atoms with E-state index >= 15 is 0 Å². The summed E-state index contributed by atoms with van der Waals surface area (Å²) in [6, 6.07) is 29.8. The van der Waals surface area contributed by atoms with Gasteiger partial charge in [0.25, 0.3) is 5.91 Å². The molecule has 306 valence electrons. The number of ether oxygens (including phenoxy) is 1. The highest BCUT2D eigenvalue weighted by Crippen LogP contribution is 2.23. The normalized spacial score (nSPS) is 14.2. The fourth-order valence-corrected chi connectivity index (χ4v) is 6.26. The van der Waals surface area contributed by atoms with Crippen LogP contribution < -0.4 is 27.0 Å². The summed E-state index contributed by atoms with van der Waals surface area (Å²) >= 11 is 0. The van der Waals surface area contributed by atoms with E-state index in [1.54, 1.807) is 123 Å². The molecule has 0 aliphatic rings. The minimum atomic E-state index is -1.67. The number of esters is 1. The molecule has 0 aromatic heterocycles. The number of primary amides is 1. The second-order valence-corrected chi connectivity index (χ2v) is 14.9. The molecule has 0 aliphatic heterocycles. The van der Waals surface area contributed by atoms with Crippen molar-refractivity contribution in [1.82, 2.24) is 21.3 Å². The third-order valence-electron chi connectivity index (χ3n) is 9.36. The van der Waals surface area contributed by atoms with Crippen molar-refractivity contribution in [1.29, 1.82) is 0 Å². The maximum atomic E-state index is 14.0. The summed E-state index contributed by atoms with van der Waals surface area (Å²) < 4.78 is 5.58. The third-order valence-corrected chi connectivity index (χ3v) is 9.36. The maximum absolute atomic E-state index is 14.0. The first-order valence-corrected chi connectivity index (χ1v) is 19.3. The van der Waals surface area contributed by atoms with Gasteiger partial charge in [0.2, 0.25) is 29.7 Å². The quantitative estimate of drug-likeness (QED) is 0.0728. The number of carbonyl (C=O) groups is 6. The molecule has 4 rings (SSSR count). The van der Waals surface area contributed by atoms with E-state index < -0.39 is 77.8 Å². The molecule has 6 atom stereocenters. The van der Waals surface area contributed by atoms with E-state index in [0.717, 1.165) is 11.1 Å². The van der Waals surface area contributed by atoms with E-state index in [0.29, 0.717) is 5.56 Å². The summed E-state index contributed by atoms with van der Waals surface area (Å²) in [5, 5.41) is 21.7. The molecule has 0 bridgehead atoms. The predicted molar refractivity (Wildman–Crippen MR) is 218 cm³/mol. The van der Waals surface area contributed by atoms with Crippen LogP contribution in [0.4, 0.5) is 0 Å². The Hall–Kier alpha value is -6.34. The Morgan fingerprint density at radius 3 is 1.47 bits per heavy atom. The van der Waals surface area contributed by atoms with E-state index in [9.17, 15) is 33.9 Å². The monoisotopic (exact) mass is 791 g/mol. The molecule has 7 N–H and O–H groups in total. The average Bonchev–Trinajstić information content (AvgIpc) is 3.21. The van der Waals surface area contributed by atoms with Crippen molar-refractivity contribution < 1.29 is 38.6 Å². The zero-order valence-corrected chi connectivity index (χ0v) is 33.2. The average molecular weight is 792 g/mol. The first-order chi connectivity index (χ1) is 27.7. The Morgan fingerprint density at radius 1 is 0.552 bits per heavy atom. The Balaban J connectivity index is 1.53. The van der Waals surface area contributed by atoms with Gasteiger partial charge in [-0.2, -0.15) is 0 Å². The summed E-state index contributed by atoms with van der Waals surface area (Å²) in [5.74, 6) is -5.20. The molecule has 0 spiro atoms. The molecule has 13 nitrogen and oxygen atoms in total. The SMILES string of the molecule is CC(C)C[C@@H](NC(=O)C(OC(=O)C(O)c1ccccc1)c1ccccc1)C(=O)N[C@@H](C(=O)N[C@H](Cc1ccccc1)C(=O)N[C@H](Cc1ccccc1)C(N)=O)C(C)C. The number of nitrogens with one attached hydrogen (secondary N) is 4. The number of carbonyl (C=O) groups excluding carboxylic acids is 6. The second-order valence-electron chi connectivity index (χ2n) is 14.9. The third kappa shape index (κ3) is 13.4. The van der Waals surface area contributed by atoms with Crippen LogP contribution >= 0.6 is 0 Å². The molecule has 0 saturated carbocycles. The summed E-state index contributed by atoms with van der Waals surface area (Å²) in [5.41, 5.74) is 7.78. The van der Waals surface area contributed by atoms with E-state index in [1.165, 1.54) is 0 Å². The van der Waals surface area contributed by atoms with Gasteiger partial charge in [0.15, 0.2) is 6.10 Å². The van der Waals surface area contributed by atoms with Crippen molar-refractivity contribution >= 4 is 35.5 Å². The van der Waals surface area contributed by atoms with Gasteiger partial charge >= 0.3 is 5.97 Å². The van der Waals surface area contributed by atoms with Gasteiger partial charge in [-0.25, -0.2) is 4.79 Å². The molecule has 0 heterocycles. The van der Waals surface area contributed by atoms with E-state index in [4.69, 9.17) is 10.5 Å². The van der Waals surface area contributed by atoms with Crippen LogP contribution in [-0.2, 0) is 46.3 Å². The van der Waals surface area contributed by atoms with Crippen LogP contribution in [-0.4, -0.2) is 64.8 Å². The van der Waals surface area contributed by atoms with Crippen LogP contribution in [0.2, 0.25) is 0 Å². The minimum absolute atomic E-state index is 0.0680. The fourth-order valence-electron chi connectivity index (χ4n) is 6.26. The molecule has 13 heteroatoms. The summed E-state index contributed by atoms with van der Waals surface area (Å²) in [6.07, 6.45) is -2.83. The minimum Gasteiger partial charge on any atom is -0.445 e. The van der Waals surface area contributed by atoms with Crippen molar-refractivity contribution in [3.05, 3.63) is 144 Å². The first-order valence-electron chi connectivity index (χ1n) is 19.3. The summed E-state index contributed by atoms with van der Waals surface area (Å²) in [4.78, 5) is 81.4. The van der Waals surface area contributed by atoms with Crippen molar-refractivity contribution in [3.8, 4) is 0 Å². The zero-order chi connectivity index (χ0) is 42.2. The molecule has 4 aromatic carbocycles. The van der Waals surface area contributed by atoms with Crippen LogP contribution in [0.3, 0.4) is 0 Å². The molecular weight excluding hydrogens is 739 g/mol. The van der Waals surface area contributed by atoms with Gasteiger partial charge < -0.3 is 36.8 Å². The van der Waals surface area contributed by atoms with Gasteiger partial charge in [0.05, 0.1) is 0 Å². The molecule has 2 unspecified atom stereocenters. The number of hydrogen-bond acceptors (Lipinski definition) is 8. The highest BCUT2D eigenvalue weighted by molar-refractivity contribution is 5.96. The zero-order valence-electron chi connectivity index (χ0n) is 33.2. The smallest absolute Gasteiger partial charge is 0.340 e. The Bertz CT molecular complexity index is 1960. The topological polar surface area (TPSA) is 206 Å². The number of aliphatic hydroxyl groups is 1. The number of aliphatic hydroxyl groups excluding tert-OH is 1. The molecule has 0 radical (unpaired) electrons. The molecule has 5 amide bonds. The molecule has 58 heavy (non-hydrogen) atoms. The van der Waals surface area contributed by atoms with E-state index in [2.05, 4.69) is 21.3 Å². The van der Waals surface area contributed by atoms with Gasteiger partial charge in [0, 0.05) is 18.4 Å². The molecule has 4 aromatic rings. The van der Waals surface area contributed by atoms with Crippen molar-refractivity contribution in [3.63, 3.8) is 0 Å². The van der Waals surface area contributed by atoms with E-state index in [-0.39, 0.29) is 30.7 Å². The Labute approximate surface area is 339 Å².